The lowest BCUT2D eigenvalue weighted by Gasteiger charge is -2.25. The maximum absolute atomic E-state index is 12.6. The number of likely N-dealkylation sites (tertiary alicyclic amines) is 1. The van der Waals surface area contributed by atoms with E-state index in [2.05, 4.69) is 10.3 Å². The van der Waals surface area contributed by atoms with Crippen LogP contribution in [-0.4, -0.2) is 41.4 Å². The maximum Gasteiger partial charge on any atom is 0.248 e. The first-order valence-electron chi connectivity index (χ1n) is 8.05. The zero-order valence-corrected chi connectivity index (χ0v) is 14.9. The fourth-order valence-electron chi connectivity index (χ4n) is 2.91. The number of nitrogens with one attached hydrogen (secondary N) is 1. The molecule has 1 saturated heterocycles. The first kappa shape index (κ1) is 16.7. The van der Waals surface area contributed by atoms with Crippen LogP contribution in [0.5, 0.6) is 5.75 Å². The molecule has 24 heavy (non-hydrogen) atoms. The fourth-order valence-corrected chi connectivity index (χ4v) is 3.81. The number of benzene rings is 1. The number of thiazole rings is 1. The molecule has 6 nitrogen and oxygen atoms in total. The van der Waals surface area contributed by atoms with Gasteiger partial charge in [0.2, 0.25) is 11.8 Å². The van der Waals surface area contributed by atoms with Gasteiger partial charge in [0.25, 0.3) is 0 Å². The minimum Gasteiger partial charge on any atom is -0.497 e. The van der Waals surface area contributed by atoms with E-state index in [0.29, 0.717) is 18.1 Å². The number of hydrogen-bond donors (Lipinski definition) is 1. The summed E-state index contributed by atoms with van der Waals surface area (Å²) in [5.74, 6) is 0.524. The average molecular weight is 347 g/mol. The van der Waals surface area contributed by atoms with Crippen LogP contribution in [0.1, 0.15) is 26.7 Å². The molecule has 0 saturated carbocycles. The lowest BCUT2D eigenvalue weighted by molar-refractivity contribution is -0.139. The summed E-state index contributed by atoms with van der Waals surface area (Å²) in [5.41, 5.74) is 0.817. The highest BCUT2D eigenvalue weighted by molar-refractivity contribution is 7.22. The number of amides is 2. The van der Waals surface area contributed by atoms with Crippen LogP contribution in [0.4, 0.5) is 5.13 Å². The highest BCUT2D eigenvalue weighted by Gasteiger charge is 2.35. The van der Waals surface area contributed by atoms with E-state index >= 15 is 0 Å². The van der Waals surface area contributed by atoms with Crippen molar-refractivity contribution in [3.05, 3.63) is 18.2 Å². The number of anilines is 1. The number of carbonyl (C=O) groups excluding carboxylic acids is 2. The van der Waals surface area contributed by atoms with E-state index < -0.39 is 6.04 Å². The van der Waals surface area contributed by atoms with Crippen molar-refractivity contribution in [1.82, 2.24) is 9.88 Å². The smallest absolute Gasteiger partial charge is 0.248 e. The number of carbonyl (C=O) groups is 2. The Morgan fingerprint density at radius 3 is 2.92 bits per heavy atom. The molecule has 1 aliphatic heterocycles. The van der Waals surface area contributed by atoms with E-state index in [1.165, 1.54) is 11.3 Å². The number of nitrogens with zero attached hydrogens (tertiary/aromatic N) is 2. The van der Waals surface area contributed by atoms with Crippen molar-refractivity contribution < 1.29 is 14.3 Å². The molecule has 1 aliphatic rings. The maximum atomic E-state index is 12.6. The van der Waals surface area contributed by atoms with Crippen LogP contribution in [0.15, 0.2) is 18.2 Å². The summed E-state index contributed by atoms with van der Waals surface area (Å²) >= 11 is 1.40. The second-order valence-electron chi connectivity index (χ2n) is 6.19. The molecule has 0 spiro atoms. The summed E-state index contributed by atoms with van der Waals surface area (Å²) in [4.78, 5) is 31.0. The van der Waals surface area contributed by atoms with Gasteiger partial charge in [-0.2, -0.15) is 0 Å². The predicted octanol–water partition coefficient (Wildman–Crippen LogP) is 2.89. The van der Waals surface area contributed by atoms with Gasteiger partial charge in [0.05, 0.1) is 17.3 Å². The predicted molar refractivity (Wildman–Crippen MR) is 94.4 cm³/mol. The monoisotopic (exact) mass is 347 g/mol. The van der Waals surface area contributed by atoms with Crippen LogP contribution in [-0.2, 0) is 9.59 Å². The third-order valence-electron chi connectivity index (χ3n) is 4.16. The van der Waals surface area contributed by atoms with Crippen molar-refractivity contribution in [1.29, 1.82) is 0 Å². The summed E-state index contributed by atoms with van der Waals surface area (Å²) in [6.45, 7) is 4.36. The third kappa shape index (κ3) is 3.21. The van der Waals surface area contributed by atoms with Gasteiger partial charge in [-0.05, 0) is 31.0 Å². The second kappa shape index (κ2) is 6.76. The van der Waals surface area contributed by atoms with E-state index in [1.807, 2.05) is 32.0 Å². The molecule has 1 fully saturated rings. The normalized spacial score (nSPS) is 17.5. The van der Waals surface area contributed by atoms with Crippen molar-refractivity contribution in [2.45, 2.75) is 32.7 Å². The van der Waals surface area contributed by atoms with Gasteiger partial charge < -0.3 is 15.0 Å². The molecule has 1 N–H and O–H groups in total. The minimum absolute atomic E-state index is 0.0293. The Kier molecular flexibility index (Phi) is 4.71. The van der Waals surface area contributed by atoms with Gasteiger partial charge in [-0.1, -0.05) is 25.2 Å². The lowest BCUT2D eigenvalue weighted by Crippen LogP contribution is -2.44. The molecule has 1 aromatic carbocycles. The van der Waals surface area contributed by atoms with Crippen LogP contribution in [0.2, 0.25) is 0 Å². The molecule has 128 valence electrons. The van der Waals surface area contributed by atoms with Gasteiger partial charge in [0.1, 0.15) is 11.8 Å². The van der Waals surface area contributed by atoms with Gasteiger partial charge in [-0.15, -0.1) is 0 Å². The Bertz CT molecular complexity index is 772. The minimum atomic E-state index is -0.401. The Balaban J connectivity index is 1.75. The fraction of sp³-hybridized carbons (Fsp3) is 0.471. The Hall–Kier alpha value is -2.15. The quantitative estimate of drug-likeness (QED) is 0.923. The molecular formula is C17H21N3O3S. The van der Waals surface area contributed by atoms with Crippen LogP contribution in [0.25, 0.3) is 10.2 Å². The Morgan fingerprint density at radius 2 is 2.21 bits per heavy atom. The lowest BCUT2D eigenvalue weighted by atomic mass is 10.1. The number of methoxy groups -OCH3 is 1. The van der Waals surface area contributed by atoms with E-state index in [1.54, 1.807) is 12.0 Å². The molecule has 0 bridgehead atoms. The largest absolute Gasteiger partial charge is 0.497 e. The molecule has 2 amide bonds. The van der Waals surface area contributed by atoms with E-state index in [9.17, 15) is 9.59 Å². The SMILES string of the molecule is COc1ccc2nc(NC(=O)C3CCCN3C(=O)C(C)C)sc2c1. The molecule has 1 aromatic heterocycles. The molecule has 3 rings (SSSR count). The third-order valence-corrected chi connectivity index (χ3v) is 5.09. The summed E-state index contributed by atoms with van der Waals surface area (Å²) in [6, 6.07) is 5.20. The number of hydrogen-bond acceptors (Lipinski definition) is 5. The van der Waals surface area contributed by atoms with E-state index in [-0.39, 0.29) is 17.7 Å². The summed E-state index contributed by atoms with van der Waals surface area (Å²) in [7, 11) is 1.62. The van der Waals surface area contributed by atoms with E-state index in [0.717, 1.165) is 22.4 Å². The van der Waals surface area contributed by atoms with Crippen molar-refractivity contribution >= 4 is 38.5 Å². The van der Waals surface area contributed by atoms with Crippen LogP contribution < -0.4 is 10.1 Å². The molecule has 1 atom stereocenters. The average Bonchev–Trinajstić information content (AvgIpc) is 3.19. The molecule has 2 heterocycles. The highest BCUT2D eigenvalue weighted by atomic mass is 32.1. The Morgan fingerprint density at radius 1 is 1.42 bits per heavy atom. The topological polar surface area (TPSA) is 71.5 Å². The first-order valence-corrected chi connectivity index (χ1v) is 8.87. The number of aromatic nitrogens is 1. The number of fused-ring (bicyclic) bond motifs is 1. The van der Waals surface area contributed by atoms with Crippen molar-refractivity contribution in [3.63, 3.8) is 0 Å². The molecule has 2 aromatic rings. The van der Waals surface area contributed by atoms with Crippen molar-refractivity contribution in [2.75, 3.05) is 19.0 Å². The number of ether oxygens (including phenoxy) is 1. The van der Waals surface area contributed by atoms with Gasteiger partial charge in [0.15, 0.2) is 5.13 Å². The zero-order valence-electron chi connectivity index (χ0n) is 14.0. The van der Waals surface area contributed by atoms with Crippen molar-refractivity contribution in [3.8, 4) is 5.75 Å². The molecule has 0 aliphatic carbocycles. The zero-order chi connectivity index (χ0) is 17.3. The highest BCUT2D eigenvalue weighted by Crippen LogP contribution is 2.30. The second-order valence-corrected chi connectivity index (χ2v) is 7.22. The van der Waals surface area contributed by atoms with Gasteiger partial charge in [-0.25, -0.2) is 4.98 Å². The molecule has 7 heteroatoms. The van der Waals surface area contributed by atoms with Gasteiger partial charge >= 0.3 is 0 Å². The standard InChI is InChI=1S/C17H21N3O3S/c1-10(2)16(22)20-8-4-5-13(20)15(21)19-17-18-12-7-6-11(23-3)9-14(12)24-17/h6-7,9-10,13H,4-5,8H2,1-3H3,(H,18,19,21). The van der Waals surface area contributed by atoms with Crippen LogP contribution in [0.3, 0.4) is 0 Å². The summed E-state index contributed by atoms with van der Waals surface area (Å²) in [6.07, 6.45) is 1.55. The van der Waals surface area contributed by atoms with Crippen LogP contribution >= 0.6 is 11.3 Å². The van der Waals surface area contributed by atoms with Gasteiger partial charge in [-0.3, -0.25) is 9.59 Å². The number of rotatable bonds is 4. The van der Waals surface area contributed by atoms with Crippen molar-refractivity contribution in [2.24, 2.45) is 5.92 Å². The van der Waals surface area contributed by atoms with Gasteiger partial charge in [0, 0.05) is 12.5 Å². The summed E-state index contributed by atoms with van der Waals surface area (Å²) < 4.78 is 6.15. The summed E-state index contributed by atoms with van der Waals surface area (Å²) in [5, 5.41) is 3.42. The molecule has 0 radical (unpaired) electrons. The molecule has 1 unspecified atom stereocenters. The first-order chi connectivity index (χ1) is 11.5. The Labute approximate surface area is 144 Å². The van der Waals surface area contributed by atoms with Crippen LogP contribution in [0, 0.1) is 5.92 Å². The van der Waals surface area contributed by atoms with E-state index in [4.69, 9.17) is 4.74 Å². The molecular weight excluding hydrogens is 326 g/mol.